The van der Waals surface area contributed by atoms with Gasteiger partial charge in [0, 0.05) is 5.70 Å². The van der Waals surface area contributed by atoms with Crippen LogP contribution in [0.2, 0.25) is 0 Å². The minimum atomic E-state index is 0.623. The average Bonchev–Trinajstić information content (AvgIpc) is 1.97. The van der Waals surface area contributed by atoms with Gasteiger partial charge in [0.25, 0.3) is 0 Å². The molecule has 1 heteroatoms. The lowest BCUT2D eigenvalue weighted by Crippen LogP contribution is -1.88. The zero-order valence-corrected chi connectivity index (χ0v) is 8.46. The summed E-state index contributed by atoms with van der Waals surface area (Å²) in [5.41, 5.74) is 7.68. The van der Waals surface area contributed by atoms with Crippen molar-refractivity contribution in [1.82, 2.24) is 0 Å². The molecule has 0 amide bonds. The first-order valence-electron chi connectivity index (χ1n) is 4.31. The van der Waals surface area contributed by atoms with Crippen LogP contribution in [0.5, 0.6) is 0 Å². The Labute approximate surface area is 75.7 Å². The molecule has 68 valence electrons. The SMILES string of the molecule is C\C(N)=C/C=C\C=C(/C)C(C)C. The van der Waals surface area contributed by atoms with Crippen molar-refractivity contribution in [2.24, 2.45) is 11.7 Å². The topological polar surface area (TPSA) is 26.0 Å². The van der Waals surface area contributed by atoms with Crippen LogP contribution in [0, 0.1) is 5.92 Å². The van der Waals surface area contributed by atoms with E-state index >= 15 is 0 Å². The normalized spacial score (nSPS) is 14.8. The van der Waals surface area contributed by atoms with Crippen LogP contribution in [0.3, 0.4) is 0 Å². The molecule has 2 N–H and O–H groups in total. The van der Waals surface area contributed by atoms with Gasteiger partial charge in [0.05, 0.1) is 0 Å². The van der Waals surface area contributed by atoms with Gasteiger partial charge in [0.2, 0.25) is 0 Å². The quantitative estimate of drug-likeness (QED) is 0.639. The monoisotopic (exact) mass is 165 g/mol. The van der Waals surface area contributed by atoms with Crippen molar-refractivity contribution in [2.75, 3.05) is 0 Å². The van der Waals surface area contributed by atoms with Crippen molar-refractivity contribution in [1.29, 1.82) is 0 Å². The first-order chi connectivity index (χ1) is 5.54. The molecule has 0 aliphatic heterocycles. The lowest BCUT2D eigenvalue weighted by molar-refractivity contribution is 0.769. The largest absolute Gasteiger partial charge is 0.402 e. The van der Waals surface area contributed by atoms with E-state index in [0.717, 1.165) is 5.70 Å². The van der Waals surface area contributed by atoms with Crippen LogP contribution >= 0.6 is 0 Å². The summed E-state index contributed by atoms with van der Waals surface area (Å²) in [5, 5.41) is 0. The molecule has 0 saturated heterocycles. The highest BCUT2D eigenvalue weighted by Crippen LogP contribution is 2.07. The molecule has 0 rings (SSSR count). The maximum absolute atomic E-state index is 5.46. The Morgan fingerprint density at radius 3 is 2.00 bits per heavy atom. The Hall–Kier alpha value is -0.980. The molecular weight excluding hydrogens is 146 g/mol. The van der Waals surface area contributed by atoms with E-state index in [1.807, 2.05) is 25.2 Å². The summed E-state index contributed by atoms with van der Waals surface area (Å²) in [6.07, 6.45) is 7.99. The molecule has 12 heavy (non-hydrogen) atoms. The number of hydrogen-bond donors (Lipinski definition) is 1. The van der Waals surface area contributed by atoms with Crippen molar-refractivity contribution in [3.63, 3.8) is 0 Å². The van der Waals surface area contributed by atoms with E-state index in [0.29, 0.717) is 5.92 Å². The molecule has 0 aliphatic rings. The van der Waals surface area contributed by atoms with Gasteiger partial charge in [-0.3, -0.25) is 0 Å². The Morgan fingerprint density at radius 2 is 1.58 bits per heavy atom. The Kier molecular flexibility index (Phi) is 5.18. The fourth-order valence-corrected chi connectivity index (χ4v) is 0.607. The Bertz CT molecular complexity index is 203. The van der Waals surface area contributed by atoms with Gasteiger partial charge >= 0.3 is 0 Å². The van der Waals surface area contributed by atoms with Crippen molar-refractivity contribution < 1.29 is 0 Å². The van der Waals surface area contributed by atoms with Crippen LogP contribution in [0.4, 0.5) is 0 Å². The summed E-state index contributed by atoms with van der Waals surface area (Å²) in [4.78, 5) is 0. The van der Waals surface area contributed by atoms with Gasteiger partial charge in [-0.2, -0.15) is 0 Å². The second-order valence-corrected chi connectivity index (χ2v) is 3.36. The molecule has 0 atom stereocenters. The van der Waals surface area contributed by atoms with Crippen LogP contribution in [0.25, 0.3) is 0 Å². The van der Waals surface area contributed by atoms with Crippen molar-refractivity contribution in [3.05, 3.63) is 35.6 Å². The zero-order chi connectivity index (χ0) is 9.56. The van der Waals surface area contributed by atoms with Gasteiger partial charge in [-0.15, -0.1) is 0 Å². The van der Waals surface area contributed by atoms with E-state index in [1.165, 1.54) is 5.57 Å². The molecule has 0 heterocycles. The summed E-state index contributed by atoms with van der Waals surface area (Å²) in [6, 6.07) is 0. The number of rotatable bonds is 3. The Balaban J connectivity index is 4.04. The first-order valence-corrected chi connectivity index (χ1v) is 4.31. The summed E-state index contributed by atoms with van der Waals surface area (Å²) >= 11 is 0. The van der Waals surface area contributed by atoms with Crippen LogP contribution in [0.1, 0.15) is 27.7 Å². The molecule has 0 radical (unpaired) electrons. The van der Waals surface area contributed by atoms with Crippen molar-refractivity contribution >= 4 is 0 Å². The maximum Gasteiger partial charge on any atom is 0.00488 e. The fraction of sp³-hybridized carbons (Fsp3) is 0.455. The lowest BCUT2D eigenvalue weighted by atomic mass is 10.1. The van der Waals surface area contributed by atoms with Crippen LogP contribution in [0.15, 0.2) is 35.6 Å². The predicted octanol–water partition coefficient (Wildman–Crippen LogP) is 3.01. The number of hydrogen-bond acceptors (Lipinski definition) is 1. The fourth-order valence-electron chi connectivity index (χ4n) is 0.607. The molecule has 1 nitrogen and oxygen atoms in total. The third-order valence-electron chi connectivity index (χ3n) is 1.74. The van der Waals surface area contributed by atoms with E-state index in [4.69, 9.17) is 5.73 Å². The van der Waals surface area contributed by atoms with Crippen molar-refractivity contribution in [2.45, 2.75) is 27.7 Å². The molecule has 0 aromatic rings. The highest BCUT2D eigenvalue weighted by Gasteiger charge is 1.91. The van der Waals surface area contributed by atoms with E-state index < -0.39 is 0 Å². The molecule has 0 unspecified atom stereocenters. The van der Waals surface area contributed by atoms with E-state index in [-0.39, 0.29) is 0 Å². The lowest BCUT2D eigenvalue weighted by Gasteiger charge is -2.01. The standard InChI is InChI=1S/C11H19N/c1-9(2)10(3)7-5-6-8-11(4)12/h5-9H,12H2,1-4H3/b6-5-,10-7+,11-8+. The first kappa shape index (κ1) is 11.0. The molecule has 0 saturated carbocycles. The summed E-state index contributed by atoms with van der Waals surface area (Å²) in [7, 11) is 0. The third-order valence-corrected chi connectivity index (χ3v) is 1.74. The van der Waals surface area contributed by atoms with Gasteiger partial charge < -0.3 is 5.73 Å². The second-order valence-electron chi connectivity index (χ2n) is 3.36. The van der Waals surface area contributed by atoms with Crippen molar-refractivity contribution in [3.8, 4) is 0 Å². The van der Waals surface area contributed by atoms with Crippen LogP contribution in [-0.2, 0) is 0 Å². The summed E-state index contributed by atoms with van der Waals surface area (Å²) in [5.74, 6) is 0.623. The van der Waals surface area contributed by atoms with Gasteiger partial charge in [-0.25, -0.2) is 0 Å². The highest BCUT2D eigenvalue weighted by molar-refractivity contribution is 5.17. The smallest absolute Gasteiger partial charge is 0.00488 e. The number of nitrogens with two attached hydrogens (primary N) is 1. The van der Waals surface area contributed by atoms with Gasteiger partial charge in [-0.1, -0.05) is 37.6 Å². The third kappa shape index (κ3) is 5.78. The molecule has 0 bridgehead atoms. The Morgan fingerprint density at radius 1 is 1.08 bits per heavy atom. The molecule has 0 aromatic heterocycles. The molecular formula is C11H19N. The number of allylic oxidation sites excluding steroid dienone is 6. The van der Waals surface area contributed by atoms with Crippen LogP contribution < -0.4 is 5.73 Å². The second kappa shape index (κ2) is 5.64. The maximum atomic E-state index is 5.46. The van der Waals surface area contributed by atoms with Crippen LogP contribution in [-0.4, -0.2) is 0 Å². The van der Waals surface area contributed by atoms with Gasteiger partial charge in [0.15, 0.2) is 0 Å². The van der Waals surface area contributed by atoms with E-state index in [9.17, 15) is 0 Å². The highest BCUT2D eigenvalue weighted by atomic mass is 14.5. The minimum absolute atomic E-state index is 0.623. The summed E-state index contributed by atoms with van der Waals surface area (Å²) in [6.45, 7) is 8.38. The summed E-state index contributed by atoms with van der Waals surface area (Å²) < 4.78 is 0. The molecule has 0 aliphatic carbocycles. The molecule has 0 fully saturated rings. The molecule has 0 aromatic carbocycles. The van der Waals surface area contributed by atoms with Gasteiger partial charge in [-0.05, 0) is 25.8 Å². The molecule has 0 spiro atoms. The predicted molar refractivity (Wildman–Crippen MR) is 55.7 cm³/mol. The minimum Gasteiger partial charge on any atom is -0.402 e. The average molecular weight is 165 g/mol. The van der Waals surface area contributed by atoms with Gasteiger partial charge in [0.1, 0.15) is 0 Å². The zero-order valence-electron chi connectivity index (χ0n) is 8.46. The van der Waals surface area contributed by atoms with E-state index in [2.05, 4.69) is 26.8 Å². The van der Waals surface area contributed by atoms with E-state index in [1.54, 1.807) is 0 Å².